The van der Waals surface area contributed by atoms with Crippen LogP contribution in [0, 0.1) is 5.92 Å². The first kappa shape index (κ1) is 19.6. The zero-order chi connectivity index (χ0) is 18.9. The lowest BCUT2D eigenvalue weighted by Crippen LogP contribution is -2.55. The Bertz CT molecular complexity index is 695. The molecule has 3 rings (SSSR count). The molecule has 1 saturated carbocycles. The van der Waals surface area contributed by atoms with Gasteiger partial charge in [-0.15, -0.1) is 0 Å². The van der Waals surface area contributed by atoms with E-state index in [9.17, 15) is 4.79 Å². The molecule has 0 saturated heterocycles. The quantitative estimate of drug-likeness (QED) is 0.468. The summed E-state index contributed by atoms with van der Waals surface area (Å²) in [6.45, 7) is 6.50. The van der Waals surface area contributed by atoms with Gasteiger partial charge in [-0.25, -0.2) is 4.79 Å². The number of halogens is 1. The standard InChI is InChI=1S/C20H27BrO4Si/c1-23-19(22)18-13-16(14-8-10-15(21)11-9-14)17-7-5-6-12-20(17,24-18)25-26(2,3)4/h8-11,13,16-17H,5-7,12H2,1-4H3/t16-,17+,20-/m1/s1. The van der Waals surface area contributed by atoms with E-state index < -0.39 is 20.1 Å². The molecule has 1 aliphatic heterocycles. The zero-order valence-corrected chi connectivity index (χ0v) is 18.5. The molecule has 3 atom stereocenters. The minimum Gasteiger partial charge on any atom is -0.463 e. The first-order valence-corrected chi connectivity index (χ1v) is 13.4. The normalized spacial score (nSPS) is 28.6. The Hall–Kier alpha value is -1.11. The van der Waals surface area contributed by atoms with Crippen LogP contribution in [-0.2, 0) is 18.7 Å². The predicted molar refractivity (Wildman–Crippen MR) is 107 cm³/mol. The van der Waals surface area contributed by atoms with Crippen molar-refractivity contribution in [3.05, 3.63) is 46.1 Å². The molecule has 6 heteroatoms. The summed E-state index contributed by atoms with van der Waals surface area (Å²) in [5.41, 5.74) is 1.17. The maximum atomic E-state index is 12.3. The van der Waals surface area contributed by atoms with Crippen LogP contribution < -0.4 is 0 Å². The minimum atomic E-state index is -1.89. The highest BCUT2D eigenvalue weighted by molar-refractivity contribution is 9.10. The Labute approximate surface area is 165 Å². The van der Waals surface area contributed by atoms with Crippen molar-refractivity contribution in [2.24, 2.45) is 5.92 Å². The van der Waals surface area contributed by atoms with Gasteiger partial charge in [0.1, 0.15) is 0 Å². The Morgan fingerprint density at radius 1 is 1.23 bits per heavy atom. The van der Waals surface area contributed by atoms with Crippen molar-refractivity contribution in [3.63, 3.8) is 0 Å². The van der Waals surface area contributed by atoms with Gasteiger partial charge in [-0.05, 0) is 56.3 Å². The van der Waals surface area contributed by atoms with E-state index in [0.29, 0.717) is 0 Å². The van der Waals surface area contributed by atoms with E-state index in [1.54, 1.807) is 0 Å². The summed E-state index contributed by atoms with van der Waals surface area (Å²) < 4.78 is 18.9. The van der Waals surface area contributed by atoms with Crippen LogP contribution in [0.25, 0.3) is 0 Å². The molecule has 1 aromatic carbocycles. The highest BCUT2D eigenvalue weighted by Gasteiger charge is 2.53. The van der Waals surface area contributed by atoms with Crippen molar-refractivity contribution >= 4 is 30.2 Å². The van der Waals surface area contributed by atoms with Crippen molar-refractivity contribution in [2.75, 3.05) is 7.11 Å². The first-order valence-electron chi connectivity index (χ1n) is 9.19. The summed E-state index contributed by atoms with van der Waals surface area (Å²) in [6, 6.07) is 8.30. The molecular weight excluding hydrogens is 412 g/mol. The Morgan fingerprint density at radius 3 is 2.54 bits per heavy atom. The summed E-state index contributed by atoms with van der Waals surface area (Å²) in [6.07, 6.45) is 5.96. The van der Waals surface area contributed by atoms with E-state index in [2.05, 4.69) is 47.7 Å². The van der Waals surface area contributed by atoms with Crippen molar-refractivity contribution in [3.8, 4) is 0 Å². The van der Waals surface area contributed by atoms with Gasteiger partial charge in [-0.2, -0.15) is 0 Å². The third-order valence-corrected chi connectivity index (χ3v) is 6.51. The van der Waals surface area contributed by atoms with Gasteiger partial charge in [0.2, 0.25) is 11.5 Å². The summed E-state index contributed by atoms with van der Waals surface area (Å²) in [5, 5.41) is 0. The van der Waals surface area contributed by atoms with Gasteiger partial charge in [-0.3, -0.25) is 0 Å². The van der Waals surface area contributed by atoms with Crippen LogP contribution in [0.2, 0.25) is 19.6 Å². The fraction of sp³-hybridized carbons (Fsp3) is 0.550. The van der Waals surface area contributed by atoms with Crippen molar-refractivity contribution in [1.29, 1.82) is 0 Å². The molecule has 2 aliphatic rings. The molecular formula is C20H27BrO4Si. The number of carbonyl (C=O) groups excluding carboxylic acids is 1. The SMILES string of the molecule is COC(=O)C1=C[C@H](c2ccc(Br)cc2)[C@@H]2CCCC[C@]2(O[Si](C)(C)C)O1. The van der Waals surface area contributed by atoms with Crippen LogP contribution in [-0.4, -0.2) is 27.2 Å². The topological polar surface area (TPSA) is 44.8 Å². The van der Waals surface area contributed by atoms with Crippen LogP contribution in [0.3, 0.4) is 0 Å². The Balaban J connectivity index is 2.08. The number of ether oxygens (including phenoxy) is 2. The van der Waals surface area contributed by atoms with Crippen molar-refractivity contribution in [1.82, 2.24) is 0 Å². The molecule has 0 bridgehead atoms. The van der Waals surface area contributed by atoms with E-state index in [0.717, 1.165) is 30.2 Å². The van der Waals surface area contributed by atoms with E-state index in [-0.39, 0.29) is 17.6 Å². The maximum Gasteiger partial charge on any atom is 0.373 e. The summed E-state index contributed by atoms with van der Waals surface area (Å²) >= 11 is 3.50. The second-order valence-corrected chi connectivity index (χ2v) is 13.4. The molecule has 4 nitrogen and oxygen atoms in total. The molecule has 1 heterocycles. The summed E-state index contributed by atoms with van der Waals surface area (Å²) in [7, 11) is -0.499. The molecule has 26 heavy (non-hydrogen) atoms. The summed E-state index contributed by atoms with van der Waals surface area (Å²) in [4.78, 5) is 12.3. The Kier molecular flexibility index (Phi) is 5.65. The lowest BCUT2D eigenvalue weighted by atomic mass is 9.71. The van der Waals surface area contributed by atoms with Gasteiger partial charge in [0.05, 0.1) is 7.11 Å². The Morgan fingerprint density at radius 2 is 1.92 bits per heavy atom. The number of methoxy groups -OCH3 is 1. The van der Waals surface area contributed by atoms with Gasteiger partial charge < -0.3 is 13.9 Å². The molecule has 0 N–H and O–H groups in total. The fourth-order valence-corrected chi connectivity index (χ4v) is 5.71. The minimum absolute atomic E-state index is 0.0719. The smallest absolute Gasteiger partial charge is 0.373 e. The second kappa shape index (κ2) is 7.48. The number of hydrogen-bond acceptors (Lipinski definition) is 4. The monoisotopic (exact) mass is 438 g/mol. The molecule has 0 unspecified atom stereocenters. The largest absolute Gasteiger partial charge is 0.463 e. The molecule has 1 aliphatic carbocycles. The molecule has 142 valence electrons. The summed E-state index contributed by atoms with van der Waals surface area (Å²) in [5.74, 6) is -0.634. The van der Waals surface area contributed by atoms with Gasteiger partial charge in [0.25, 0.3) is 0 Å². The molecule has 0 aromatic heterocycles. The number of hydrogen-bond donors (Lipinski definition) is 0. The van der Waals surface area contributed by atoms with Crippen molar-refractivity contribution < 1.29 is 18.7 Å². The van der Waals surface area contributed by atoms with Gasteiger partial charge in [-0.1, -0.05) is 34.5 Å². The van der Waals surface area contributed by atoms with E-state index in [4.69, 9.17) is 13.9 Å². The number of fused-ring (bicyclic) bond motifs is 1. The molecule has 1 aromatic rings. The van der Waals surface area contributed by atoms with Crippen LogP contribution in [0.5, 0.6) is 0 Å². The number of allylic oxidation sites excluding steroid dienone is 1. The highest BCUT2D eigenvalue weighted by Crippen LogP contribution is 2.51. The molecule has 0 amide bonds. The van der Waals surface area contributed by atoms with E-state index >= 15 is 0 Å². The zero-order valence-electron chi connectivity index (χ0n) is 15.9. The van der Waals surface area contributed by atoms with Crippen LogP contribution in [0.15, 0.2) is 40.6 Å². The van der Waals surface area contributed by atoms with Crippen LogP contribution >= 0.6 is 15.9 Å². The second-order valence-electron chi connectivity index (χ2n) is 8.08. The lowest BCUT2D eigenvalue weighted by molar-refractivity contribution is -0.230. The van der Waals surface area contributed by atoms with Crippen molar-refractivity contribution in [2.45, 2.75) is 57.0 Å². The van der Waals surface area contributed by atoms with Crippen LogP contribution in [0.4, 0.5) is 0 Å². The fourth-order valence-electron chi connectivity index (χ4n) is 4.11. The number of carbonyl (C=O) groups is 1. The predicted octanol–water partition coefficient (Wildman–Crippen LogP) is 5.36. The van der Waals surface area contributed by atoms with Gasteiger partial charge >= 0.3 is 5.97 Å². The van der Waals surface area contributed by atoms with Gasteiger partial charge in [0.15, 0.2) is 8.32 Å². The average molecular weight is 439 g/mol. The number of esters is 1. The van der Waals surface area contributed by atoms with E-state index in [1.807, 2.05) is 18.2 Å². The maximum absolute atomic E-state index is 12.3. The third-order valence-electron chi connectivity index (χ3n) is 5.02. The third kappa shape index (κ3) is 4.07. The molecule has 0 spiro atoms. The first-order chi connectivity index (χ1) is 12.2. The highest BCUT2D eigenvalue weighted by atomic mass is 79.9. The molecule has 0 radical (unpaired) electrons. The average Bonchev–Trinajstić information content (AvgIpc) is 2.59. The van der Waals surface area contributed by atoms with Crippen LogP contribution in [0.1, 0.15) is 37.2 Å². The lowest BCUT2D eigenvalue weighted by Gasteiger charge is -2.51. The van der Waals surface area contributed by atoms with E-state index in [1.165, 1.54) is 12.7 Å². The van der Waals surface area contributed by atoms with Gasteiger partial charge in [0, 0.05) is 22.7 Å². The number of benzene rings is 1. The number of rotatable bonds is 4. The molecule has 1 fully saturated rings.